The molecule has 5 rings (SSSR count). The van der Waals surface area contributed by atoms with Crippen LogP contribution in [0.4, 0.5) is 10.2 Å². The molecule has 8 nitrogen and oxygen atoms in total. The molecule has 1 saturated heterocycles. The van der Waals surface area contributed by atoms with Gasteiger partial charge in [-0.2, -0.15) is 5.10 Å². The maximum atomic E-state index is 13.9. The van der Waals surface area contributed by atoms with E-state index in [1.807, 2.05) is 17.1 Å². The van der Waals surface area contributed by atoms with E-state index in [1.54, 1.807) is 13.1 Å². The van der Waals surface area contributed by atoms with E-state index in [2.05, 4.69) is 10.1 Å². The summed E-state index contributed by atoms with van der Waals surface area (Å²) in [6.07, 6.45) is 4.77. The van der Waals surface area contributed by atoms with Crippen LogP contribution in [0, 0.1) is 0 Å². The number of allylic oxidation sites excluding steroid dienone is 3. The molecule has 1 fully saturated rings. The van der Waals surface area contributed by atoms with Crippen molar-refractivity contribution in [2.45, 2.75) is 32.0 Å². The zero-order chi connectivity index (χ0) is 19.4. The molecule has 1 aromatic heterocycles. The van der Waals surface area contributed by atoms with Gasteiger partial charge in [0.2, 0.25) is 5.91 Å². The molecule has 28 heavy (non-hydrogen) atoms. The number of halogens is 1. The minimum absolute atomic E-state index is 0.00913. The smallest absolute Gasteiger partial charge is 0.272 e. The Balaban J connectivity index is 1.42. The molecule has 1 aliphatic carbocycles. The van der Waals surface area contributed by atoms with Crippen molar-refractivity contribution in [2.24, 2.45) is 5.10 Å². The monoisotopic (exact) mass is 385 g/mol. The first-order valence-corrected chi connectivity index (χ1v) is 9.37. The predicted molar refractivity (Wildman–Crippen MR) is 99.5 cm³/mol. The number of aromatic amines is 1. The van der Waals surface area contributed by atoms with Crippen LogP contribution in [0.15, 0.2) is 34.6 Å². The van der Waals surface area contributed by atoms with Gasteiger partial charge >= 0.3 is 0 Å². The summed E-state index contributed by atoms with van der Waals surface area (Å²) in [4.78, 5) is 30.7. The van der Waals surface area contributed by atoms with E-state index in [1.165, 1.54) is 9.91 Å². The van der Waals surface area contributed by atoms with E-state index in [9.17, 15) is 14.0 Å². The molecule has 3 aliphatic heterocycles. The average Bonchev–Trinajstić information content (AvgIpc) is 3.41. The van der Waals surface area contributed by atoms with E-state index >= 15 is 0 Å². The van der Waals surface area contributed by atoms with Crippen molar-refractivity contribution in [3.63, 3.8) is 0 Å². The number of hydrogen-bond acceptors (Lipinski definition) is 5. The predicted octanol–water partition coefficient (Wildman–Crippen LogP) is 2.13. The number of amides is 2. The van der Waals surface area contributed by atoms with Crippen LogP contribution in [0.5, 0.6) is 5.75 Å². The topological polar surface area (TPSA) is 81.2 Å². The molecule has 4 heterocycles. The third kappa shape index (κ3) is 2.61. The number of aromatic nitrogens is 1. The number of rotatable bonds is 2. The number of carbonyl (C=O) groups is 2. The van der Waals surface area contributed by atoms with Crippen LogP contribution < -0.4 is 9.64 Å². The third-order valence-electron chi connectivity index (χ3n) is 5.53. The summed E-state index contributed by atoms with van der Waals surface area (Å²) in [6, 6.07) is 1.63. The van der Waals surface area contributed by atoms with Gasteiger partial charge in [0.1, 0.15) is 5.69 Å². The lowest BCUT2D eigenvalue weighted by molar-refractivity contribution is -0.129. The number of carbonyl (C=O) groups excluding carboxylic acids is 2. The van der Waals surface area contributed by atoms with Crippen molar-refractivity contribution in [3.05, 3.63) is 35.2 Å². The first-order chi connectivity index (χ1) is 13.5. The summed E-state index contributed by atoms with van der Waals surface area (Å²) in [6.45, 7) is 0.736. The third-order valence-corrected chi connectivity index (χ3v) is 5.53. The van der Waals surface area contributed by atoms with Gasteiger partial charge in [-0.1, -0.05) is 0 Å². The van der Waals surface area contributed by atoms with Crippen molar-refractivity contribution in [1.82, 2.24) is 14.9 Å². The van der Waals surface area contributed by atoms with Crippen LogP contribution in [0.1, 0.15) is 36.2 Å². The van der Waals surface area contributed by atoms with Gasteiger partial charge in [0.15, 0.2) is 24.6 Å². The number of hydrazone groups is 1. The molecule has 2 amide bonds. The maximum absolute atomic E-state index is 13.9. The van der Waals surface area contributed by atoms with E-state index in [0.717, 1.165) is 17.0 Å². The van der Waals surface area contributed by atoms with Gasteiger partial charge in [-0.3, -0.25) is 14.5 Å². The maximum Gasteiger partial charge on any atom is 0.272 e. The average molecular weight is 385 g/mol. The van der Waals surface area contributed by atoms with Gasteiger partial charge in [0.25, 0.3) is 5.91 Å². The van der Waals surface area contributed by atoms with Gasteiger partial charge in [-0.25, -0.2) is 9.40 Å². The van der Waals surface area contributed by atoms with Crippen molar-refractivity contribution < 1.29 is 18.7 Å². The van der Waals surface area contributed by atoms with Gasteiger partial charge in [-0.15, -0.1) is 0 Å². The van der Waals surface area contributed by atoms with Crippen LogP contribution in [0.25, 0.3) is 0 Å². The molecule has 1 atom stereocenters. The summed E-state index contributed by atoms with van der Waals surface area (Å²) in [5.74, 6) is 0.877. The molecule has 0 aromatic carbocycles. The summed E-state index contributed by atoms with van der Waals surface area (Å²) in [7, 11) is 1.65. The Morgan fingerprint density at radius 2 is 2.21 bits per heavy atom. The fraction of sp³-hybridized carbons (Fsp3) is 0.421. The van der Waals surface area contributed by atoms with E-state index in [-0.39, 0.29) is 11.8 Å². The number of fused-ring (bicyclic) bond motifs is 2. The molecule has 9 heteroatoms. The fourth-order valence-corrected chi connectivity index (χ4v) is 3.96. The number of anilines is 1. The minimum atomic E-state index is -1.23. The van der Waals surface area contributed by atoms with E-state index < -0.39 is 6.30 Å². The molecular weight excluding hydrogens is 365 g/mol. The SMILES string of the molecule is CN1N=C2C=C(N3COc4cc(C(=O)N5CCC[C@H]5F)[nH]c43)C=C2CCC1=O. The number of alkyl halides is 1. The van der Waals surface area contributed by atoms with Crippen LogP contribution in [-0.2, 0) is 4.79 Å². The Hall–Kier alpha value is -3.10. The second-order valence-corrected chi connectivity index (χ2v) is 7.31. The van der Waals surface area contributed by atoms with Crippen molar-refractivity contribution >= 4 is 23.3 Å². The highest BCUT2D eigenvalue weighted by Gasteiger charge is 2.34. The van der Waals surface area contributed by atoms with Crippen molar-refractivity contribution in [2.75, 3.05) is 25.2 Å². The number of ether oxygens (including phenoxy) is 1. The lowest BCUT2D eigenvalue weighted by Gasteiger charge is -2.19. The molecule has 0 saturated carbocycles. The lowest BCUT2D eigenvalue weighted by atomic mass is 10.1. The normalized spacial score (nSPS) is 23.8. The summed E-state index contributed by atoms with van der Waals surface area (Å²) < 4.78 is 19.6. The molecule has 146 valence electrons. The number of nitrogens with zero attached hydrogens (tertiary/aromatic N) is 4. The van der Waals surface area contributed by atoms with Crippen LogP contribution in [-0.4, -0.2) is 59.0 Å². The van der Waals surface area contributed by atoms with Crippen molar-refractivity contribution in [3.8, 4) is 5.75 Å². The molecular formula is C19H20FN5O3. The summed E-state index contributed by atoms with van der Waals surface area (Å²) in [5.41, 5.74) is 2.96. The second kappa shape index (κ2) is 6.22. The number of H-pyrrole nitrogens is 1. The first kappa shape index (κ1) is 17.0. The number of hydrogen-bond donors (Lipinski definition) is 1. The Morgan fingerprint density at radius 3 is 3.00 bits per heavy atom. The molecule has 0 radical (unpaired) electrons. The van der Waals surface area contributed by atoms with E-state index in [4.69, 9.17) is 4.74 Å². The molecule has 4 aliphatic rings. The highest BCUT2D eigenvalue weighted by atomic mass is 19.1. The van der Waals surface area contributed by atoms with E-state index in [0.29, 0.717) is 56.2 Å². The molecule has 1 aromatic rings. The molecule has 0 spiro atoms. The van der Waals surface area contributed by atoms with Gasteiger partial charge in [0.05, 0.1) is 5.71 Å². The second-order valence-electron chi connectivity index (χ2n) is 7.31. The highest BCUT2D eigenvalue weighted by Crippen LogP contribution is 2.39. The highest BCUT2D eigenvalue weighted by molar-refractivity contribution is 6.13. The first-order valence-electron chi connectivity index (χ1n) is 9.37. The van der Waals surface area contributed by atoms with Crippen LogP contribution >= 0.6 is 0 Å². The largest absolute Gasteiger partial charge is 0.469 e. The Bertz CT molecular complexity index is 963. The van der Waals surface area contributed by atoms with Gasteiger partial charge in [-0.05, 0) is 37.0 Å². The minimum Gasteiger partial charge on any atom is -0.469 e. The zero-order valence-electron chi connectivity index (χ0n) is 15.4. The Morgan fingerprint density at radius 1 is 1.36 bits per heavy atom. The van der Waals surface area contributed by atoms with Crippen LogP contribution in [0.2, 0.25) is 0 Å². The molecule has 1 N–H and O–H groups in total. The fourth-order valence-electron chi connectivity index (χ4n) is 3.96. The zero-order valence-corrected chi connectivity index (χ0v) is 15.4. The Labute approximate surface area is 160 Å². The molecule has 0 bridgehead atoms. The van der Waals surface area contributed by atoms with Crippen LogP contribution in [0.3, 0.4) is 0 Å². The summed E-state index contributed by atoms with van der Waals surface area (Å²) >= 11 is 0. The lowest BCUT2D eigenvalue weighted by Crippen LogP contribution is -2.33. The van der Waals surface area contributed by atoms with Gasteiger partial charge < -0.3 is 14.6 Å². The summed E-state index contributed by atoms with van der Waals surface area (Å²) in [5, 5.41) is 5.74. The standard InChI is InChI=1S/C19H20FN5O3/c1-23-17(26)5-4-11-7-12(8-13(11)22-23)25-10-28-15-9-14(21-18(15)25)19(27)24-6-2-3-16(24)20/h7-9,16,21H,2-6,10H2,1H3/t16-/m0/s1. The number of nitrogens with one attached hydrogen (secondary N) is 1. The van der Waals surface area contributed by atoms with Gasteiger partial charge in [0, 0.05) is 31.8 Å². The number of likely N-dealkylation sites (tertiary alicyclic amines) is 1. The van der Waals surface area contributed by atoms with Crippen molar-refractivity contribution in [1.29, 1.82) is 0 Å². The quantitative estimate of drug-likeness (QED) is 0.791. The molecule has 0 unspecified atom stereocenters. The Kier molecular flexibility index (Phi) is 3.78.